The summed E-state index contributed by atoms with van der Waals surface area (Å²) in [4.78, 5) is 13.1. The summed E-state index contributed by atoms with van der Waals surface area (Å²) < 4.78 is 33.4. The molecule has 3 N–H and O–H groups in total. The van der Waals surface area contributed by atoms with Crippen molar-refractivity contribution in [1.29, 1.82) is 0 Å². The van der Waals surface area contributed by atoms with Crippen molar-refractivity contribution in [2.75, 3.05) is 5.32 Å². The molecule has 4 rings (SSSR count). The van der Waals surface area contributed by atoms with Crippen LogP contribution in [0.1, 0.15) is 10.4 Å². The van der Waals surface area contributed by atoms with Crippen LogP contribution in [0.3, 0.4) is 0 Å². The number of carbonyl (C=O) groups is 1. The van der Waals surface area contributed by atoms with Crippen LogP contribution in [-0.4, -0.2) is 24.5 Å². The lowest BCUT2D eigenvalue weighted by Gasteiger charge is -2.03. The number of benzene rings is 1. The first kappa shape index (κ1) is 18.1. The summed E-state index contributed by atoms with van der Waals surface area (Å²) in [6.45, 7) is 0. The number of aromatic nitrogens is 2. The van der Waals surface area contributed by atoms with Crippen molar-refractivity contribution in [2.24, 2.45) is 5.14 Å². The van der Waals surface area contributed by atoms with Crippen LogP contribution in [0.15, 0.2) is 67.8 Å². The molecule has 11 heteroatoms. The molecule has 9 nitrogen and oxygen atoms in total. The number of amides is 1. The number of sulfonamides is 1. The molecule has 0 unspecified atom stereocenters. The van der Waals surface area contributed by atoms with Gasteiger partial charge in [0.15, 0.2) is 5.76 Å². The highest BCUT2D eigenvalue weighted by molar-refractivity contribution is 7.91. The Kier molecular flexibility index (Phi) is 4.55. The average Bonchev–Trinajstić information content (AvgIpc) is 3.41. The van der Waals surface area contributed by atoms with E-state index >= 15 is 0 Å². The van der Waals surface area contributed by atoms with E-state index in [1.165, 1.54) is 12.3 Å². The predicted octanol–water partition coefficient (Wildman–Crippen LogP) is 2.96. The zero-order valence-corrected chi connectivity index (χ0v) is 15.7. The maximum atomic E-state index is 12.5. The molecule has 142 valence electrons. The molecule has 28 heavy (non-hydrogen) atoms. The monoisotopic (exact) mass is 416 g/mol. The molecule has 1 aromatic carbocycles. The van der Waals surface area contributed by atoms with Gasteiger partial charge in [0.1, 0.15) is 4.21 Å². The number of furan rings is 1. The fraction of sp³-hybridized carbons (Fsp3) is 0. The second-order valence-corrected chi connectivity index (χ2v) is 8.46. The van der Waals surface area contributed by atoms with Crippen LogP contribution in [0.25, 0.3) is 22.1 Å². The van der Waals surface area contributed by atoms with Crippen LogP contribution in [0, 0.1) is 0 Å². The van der Waals surface area contributed by atoms with E-state index in [0.717, 1.165) is 11.3 Å². The van der Waals surface area contributed by atoms with Gasteiger partial charge >= 0.3 is 6.01 Å². The van der Waals surface area contributed by atoms with E-state index < -0.39 is 15.9 Å². The van der Waals surface area contributed by atoms with Crippen LogP contribution in [0.2, 0.25) is 0 Å². The first-order valence-corrected chi connectivity index (χ1v) is 10.2. The largest absolute Gasteiger partial charge is 0.459 e. The third-order valence-corrected chi connectivity index (χ3v) is 6.22. The summed E-state index contributed by atoms with van der Waals surface area (Å²) in [6.07, 6.45) is 1.47. The highest BCUT2D eigenvalue weighted by Gasteiger charge is 2.16. The van der Waals surface area contributed by atoms with Crippen molar-refractivity contribution >= 4 is 33.3 Å². The van der Waals surface area contributed by atoms with E-state index in [2.05, 4.69) is 15.5 Å². The van der Waals surface area contributed by atoms with Gasteiger partial charge in [-0.1, -0.05) is 17.2 Å². The third-order valence-electron chi connectivity index (χ3n) is 3.65. The van der Waals surface area contributed by atoms with Gasteiger partial charge in [-0.15, -0.1) is 16.4 Å². The van der Waals surface area contributed by atoms with Gasteiger partial charge < -0.3 is 8.83 Å². The molecule has 3 aromatic heterocycles. The highest BCUT2D eigenvalue weighted by atomic mass is 32.2. The molecule has 0 aliphatic heterocycles. The van der Waals surface area contributed by atoms with E-state index in [-0.39, 0.29) is 16.1 Å². The topological polar surface area (TPSA) is 141 Å². The van der Waals surface area contributed by atoms with E-state index in [1.54, 1.807) is 42.5 Å². The molecule has 0 radical (unpaired) electrons. The molecule has 4 aromatic rings. The fourth-order valence-corrected chi connectivity index (χ4v) is 4.11. The van der Waals surface area contributed by atoms with Gasteiger partial charge in [-0.25, -0.2) is 13.6 Å². The minimum absolute atomic E-state index is 0.0497. The molecule has 0 aliphatic carbocycles. The number of anilines is 1. The van der Waals surface area contributed by atoms with Gasteiger partial charge in [-0.05, 0) is 42.0 Å². The SMILES string of the molecule is NS(=O)(=O)c1ccc(-c2cccc(C(=O)Nc3nnc(-c4ccco4)o3)c2)s1. The Balaban J connectivity index is 1.54. The Hall–Kier alpha value is -3.28. The van der Waals surface area contributed by atoms with Crippen molar-refractivity contribution in [3.8, 4) is 22.1 Å². The Labute approximate surface area is 162 Å². The van der Waals surface area contributed by atoms with E-state index in [0.29, 0.717) is 21.8 Å². The third kappa shape index (κ3) is 3.71. The van der Waals surface area contributed by atoms with Gasteiger partial charge in [0, 0.05) is 10.4 Å². The van der Waals surface area contributed by atoms with Gasteiger partial charge in [0.05, 0.1) is 6.26 Å². The average molecular weight is 416 g/mol. The fourth-order valence-electron chi connectivity index (χ4n) is 2.38. The van der Waals surface area contributed by atoms with Crippen LogP contribution < -0.4 is 10.5 Å². The van der Waals surface area contributed by atoms with Crippen molar-refractivity contribution in [3.05, 3.63) is 60.4 Å². The summed E-state index contributed by atoms with van der Waals surface area (Å²) in [6, 6.07) is 13.0. The van der Waals surface area contributed by atoms with Crippen LogP contribution in [0.5, 0.6) is 0 Å². The Morgan fingerprint density at radius 3 is 2.68 bits per heavy atom. The number of hydrogen-bond acceptors (Lipinski definition) is 8. The summed E-state index contributed by atoms with van der Waals surface area (Å²) in [5, 5.41) is 15.2. The lowest BCUT2D eigenvalue weighted by molar-refractivity contribution is 0.102. The van der Waals surface area contributed by atoms with Crippen molar-refractivity contribution in [3.63, 3.8) is 0 Å². The zero-order chi connectivity index (χ0) is 19.7. The Morgan fingerprint density at radius 2 is 1.96 bits per heavy atom. The lowest BCUT2D eigenvalue weighted by atomic mass is 10.1. The molecule has 0 aliphatic rings. The van der Waals surface area contributed by atoms with Crippen LogP contribution in [0.4, 0.5) is 6.01 Å². The first-order chi connectivity index (χ1) is 13.4. The minimum Gasteiger partial charge on any atom is -0.459 e. The number of rotatable bonds is 5. The minimum atomic E-state index is -3.77. The van der Waals surface area contributed by atoms with Crippen molar-refractivity contribution in [2.45, 2.75) is 4.21 Å². The number of carbonyl (C=O) groups excluding carboxylic acids is 1. The molecule has 1 amide bonds. The normalized spacial score (nSPS) is 11.5. The van der Waals surface area contributed by atoms with Crippen LogP contribution in [-0.2, 0) is 10.0 Å². The number of nitrogens with zero attached hydrogens (tertiary/aromatic N) is 2. The maximum absolute atomic E-state index is 12.5. The maximum Gasteiger partial charge on any atom is 0.322 e. The summed E-state index contributed by atoms with van der Waals surface area (Å²) in [5.41, 5.74) is 1.01. The summed E-state index contributed by atoms with van der Waals surface area (Å²) in [7, 11) is -3.77. The smallest absolute Gasteiger partial charge is 0.322 e. The quantitative estimate of drug-likeness (QED) is 0.509. The summed E-state index contributed by atoms with van der Waals surface area (Å²) >= 11 is 1.02. The van der Waals surface area contributed by atoms with E-state index in [1.807, 2.05) is 0 Å². The van der Waals surface area contributed by atoms with Crippen molar-refractivity contribution in [1.82, 2.24) is 10.2 Å². The standard InChI is InChI=1S/C17H12N4O5S2/c18-28(23,24)14-7-6-13(27-14)10-3-1-4-11(9-10)15(22)19-17-21-20-16(26-17)12-5-2-8-25-12/h1-9H,(H2,18,23,24)(H,19,21,22). The van der Waals surface area contributed by atoms with Gasteiger partial charge in [-0.2, -0.15) is 0 Å². The van der Waals surface area contributed by atoms with Crippen LogP contribution >= 0.6 is 11.3 Å². The molecule has 0 spiro atoms. The molecule has 0 saturated carbocycles. The molecular weight excluding hydrogens is 404 g/mol. The molecule has 0 atom stereocenters. The second kappa shape index (κ2) is 7.03. The number of thiophene rings is 1. The van der Waals surface area contributed by atoms with Crippen molar-refractivity contribution < 1.29 is 22.0 Å². The Morgan fingerprint density at radius 1 is 1.11 bits per heavy atom. The van der Waals surface area contributed by atoms with E-state index in [9.17, 15) is 13.2 Å². The zero-order valence-electron chi connectivity index (χ0n) is 14.0. The lowest BCUT2D eigenvalue weighted by Crippen LogP contribution is -2.12. The number of nitrogens with two attached hydrogens (primary N) is 1. The molecule has 0 saturated heterocycles. The highest BCUT2D eigenvalue weighted by Crippen LogP contribution is 2.30. The van der Waals surface area contributed by atoms with E-state index in [4.69, 9.17) is 14.0 Å². The number of nitrogens with one attached hydrogen (secondary N) is 1. The summed E-state index contributed by atoms with van der Waals surface area (Å²) in [5.74, 6) is 0.0706. The van der Waals surface area contributed by atoms with Gasteiger partial charge in [0.25, 0.3) is 11.8 Å². The molecule has 3 heterocycles. The van der Waals surface area contributed by atoms with Gasteiger partial charge in [-0.3, -0.25) is 10.1 Å². The number of primary sulfonamides is 1. The Bertz CT molecular complexity index is 1240. The second-order valence-electron chi connectivity index (χ2n) is 5.59. The molecule has 0 bridgehead atoms. The first-order valence-electron chi connectivity index (χ1n) is 7.82. The molecule has 0 fully saturated rings. The van der Waals surface area contributed by atoms with Gasteiger partial charge in [0.2, 0.25) is 10.0 Å². The predicted molar refractivity (Wildman–Crippen MR) is 101 cm³/mol. The molecular formula is C17H12N4O5S2. The number of hydrogen-bond donors (Lipinski definition) is 2.